The van der Waals surface area contributed by atoms with Gasteiger partial charge in [-0.3, -0.25) is 0 Å². The van der Waals surface area contributed by atoms with Gasteiger partial charge in [0.2, 0.25) is 0 Å². The van der Waals surface area contributed by atoms with Crippen LogP contribution in [0, 0.1) is 0 Å². The van der Waals surface area contributed by atoms with E-state index in [0.717, 1.165) is 0 Å². The van der Waals surface area contributed by atoms with Crippen molar-refractivity contribution < 1.29 is 19.4 Å². The molecule has 1 rings (SSSR count). The summed E-state index contributed by atoms with van der Waals surface area (Å²) < 4.78 is 9.78. The molecule has 1 aliphatic heterocycles. The van der Waals surface area contributed by atoms with Gasteiger partial charge in [-0.2, -0.15) is 0 Å². The first-order valence-corrected chi connectivity index (χ1v) is 4.31. The maximum Gasteiger partial charge on any atom is 0.336 e. The number of nitrogens with one attached hydrogen (secondary N) is 1. The lowest BCUT2D eigenvalue weighted by atomic mass is 10.2. The van der Waals surface area contributed by atoms with Crippen molar-refractivity contribution in [2.24, 2.45) is 0 Å². The van der Waals surface area contributed by atoms with Crippen molar-refractivity contribution in [3.8, 4) is 0 Å². The predicted molar refractivity (Wildman–Crippen MR) is 45.2 cm³/mol. The van der Waals surface area contributed by atoms with Gasteiger partial charge < -0.3 is 19.9 Å². The van der Waals surface area contributed by atoms with Crippen molar-refractivity contribution in [1.29, 1.82) is 0 Å². The molecule has 0 spiro atoms. The van der Waals surface area contributed by atoms with Crippen molar-refractivity contribution in [3.63, 3.8) is 0 Å². The molecule has 2 atom stereocenters. The number of ether oxygens (including phenoxy) is 2. The molecular weight excluding hydrogens is 174 g/mol. The molecular formula is C8H15NO4. The van der Waals surface area contributed by atoms with E-state index in [-0.39, 0.29) is 18.6 Å². The number of carbonyl (C=O) groups is 1. The Bertz CT molecular complexity index is 166. The Morgan fingerprint density at radius 3 is 3.00 bits per heavy atom. The van der Waals surface area contributed by atoms with Crippen molar-refractivity contribution in [1.82, 2.24) is 5.32 Å². The van der Waals surface area contributed by atoms with Crippen molar-refractivity contribution >= 4 is 5.97 Å². The van der Waals surface area contributed by atoms with E-state index in [1.807, 2.05) is 0 Å². The van der Waals surface area contributed by atoms with Crippen LogP contribution < -0.4 is 5.32 Å². The topological polar surface area (TPSA) is 67.8 Å². The molecule has 1 aliphatic rings. The molecule has 0 radical (unpaired) electrons. The van der Waals surface area contributed by atoms with Crippen LogP contribution in [-0.2, 0) is 14.3 Å². The minimum absolute atomic E-state index is 0.129. The lowest BCUT2D eigenvalue weighted by Gasteiger charge is -2.28. The average Bonchev–Trinajstić information content (AvgIpc) is 2.18. The summed E-state index contributed by atoms with van der Waals surface area (Å²) in [7, 11) is 1.34. The van der Waals surface area contributed by atoms with Crippen LogP contribution in [0.4, 0.5) is 0 Å². The number of rotatable bonds is 3. The van der Waals surface area contributed by atoms with Gasteiger partial charge in [0.15, 0.2) is 6.10 Å². The zero-order chi connectivity index (χ0) is 9.68. The van der Waals surface area contributed by atoms with Crippen molar-refractivity contribution in [2.45, 2.75) is 18.6 Å². The molecule has 5 heteroatoms. The summed E-state index contributed by atoms with van der Waals surface area (Å²) in [5, 5.41) is 11.8. The molecule has 5 nitrogen and oxygen atoms in total. The van der Waals surface area contributed by atoms with Crippen LogP contribution >= 0.6 is 0 Å². The van der Waals surface area contributed by atoms with Crippen molar-refractivity contribution in [3.05, 3.63) is 0 Å². The smallest absolute Gasteiger partial charge is 0.336 e. The molecule has 1 heterocycles. The largest absolute Gasteiger partial charge is 0.467 e. The maximum absolute atomic E-state index is 11.0. The Morgan fingerprint density at radius 2 is 2.54 bits per heavy atom. The lowest BCUT2D eigenvalue weighted by molar-refractivity contribution is -0.156. The summed E-state index contributed by atoms with van der Waals surface area (Å²) in [5.41, 5.74) is 0. The molecule has 0 aromatic carbocycles. The van der Waals surface area contributed by atoms with E-state index in [0.29, 0.717) is 19.6 Å². The highest BCUT2D eigenvalue weighted by molar-refractivity contribution is 5.74. The van der Waals surface area contributed by atoms with Gasteiger partial charge in [-0.25, -0.2) is 4.79 Å². The Kier molecular flexibility index (Phi) is 4.14. The van der Waals surface area contributed by atoms with Crippen LogP contribution in [0.3, 0.4) is 0 Å². The molecule has 2 N–H and O–H groups in total. The molecule has 0 saturated carbocycles. The van der Waals surface area contributed by atoms with E-state index in [2.05, 4.69) is 10.1 Å². The zero-order valence-corrected chi connectivity index (χ0v) is 7.66. The second-order valence-electron chi connectivity index (χ2n) is 2.96. The normalized spacial score (nSPS) is 28.5. The van der Waals surface area contributed by atoms with Gasteiger partial charge in [-0.1, -0.05) is 0 Å². The number of morpholine rings is 1. The van der Waals surface area contributed by atoms with Gasteiger partial charge in [0.1, 0.15) is 0 Å². The molecule has 0 bridgehead atoms. The van der Waals surface area contributed by atoms with E-state index in [9.17, 15) is 4.79 Å². The summed E-state index contributed by atoms with van der Waals surface area (Å²) in [5.74, 6) is -0.352. The number of aliphatic hydroxyl groups excluding tert-OH is 1. The third-order valence-corrected chi connectivity index (χ3v) is 2.03. The minimum atomic E-state index is -0.500. The van der Waals surface area contributed by atoms with Crippen LogP contribution in [0.25, 0.3) is 0 Å². The summed E-state index contributed by atoms with van der Waals surface area (Å²) in [6.45, 7) is 1.03. The highest BCUT2D eigenvalue weighted by Gasteiger charge is 2.26. The van der Waals surface area contributed by atoms with E-state index < -0.39 is 6.10 Å². The summed E-state index contributed by atoms with van der Waals surface area (Å²) in [6, 6.07) is 0.144. The van der Waals surface area contributed by atoms with Crippen LogP contribution in [-0.4, -0.2) is 50.1 Å². The zero-order valence-electron chi connectivity index (χ0n) is 7.66. The fourth-order valence-corrected chi connectivity index (χ4v) is 1.25. The highest BCUT2D eigenvalue weighted by atomic mass is 16.6. The van der Waals surface area contributed by atoms with E-state index in [1.165, 1.54) is 7.11 Å². The maximum atomic E-state index is 11.0. The summed E-state index contributed by atoms with van der Waals surface area (Å²) in [6.07, 6.45) is 0.147. The second-order valence-corrected chi connectivity index (χ2v) is 2.96. The third kappa shape index (κ3) is 2.95. The van der Waals surface area contributed by atoms with E-state index in [1.54, 1.807) is 0 Å². The van der Waals surface area contributed by atoms with Crippen LogP contribution in [0.2, 0.25) is 0 Å². The third-order valence-electron chi connectivity index (χ3n) is 2.03. The first-order valence-electron chi connectivity index (χ1n) is 4.31. The van der Waals surface area contributed by atoms with Gasteiger partial charge >= 0.3 is 5.97 Å². The number of hydrogen-bond acceptors (Lipinski definition) is 5. The number of aliphatic hydroxyl groups is 1. The first-order chi connectivity index (χ1) is 6.27. The molecule has 0 aliphatic carbocycles. The van der Waals surface area contributed by atoms with E-state index in [4.69, 9.17) is 9.84 Å². The monoisotopic (exact) mass is 189 g/mol. The Hall–Kier alpha value is -0.650. The standard InChI is InChI=1S/C8H15NO4/c1-12-8(11)7-4-9-6(2-3-10)5-13-7/h6-7,9-10H,2-5H2,1H3. The number of carbonyl (C=O) groups excluding carboxylic acids is 1. The molecule has 13 heavy (non-hydrogen) atoms. The molecule has 0 aromatic rings. The Labute approximate surface area is 77.0 Å². The van der Waals surface area contributed by atoms with Crippen LogP contribution in [0.1, 0.15) is 6.42 Å². The predicted octanol–water partition coefficient (Wildman–Crippen LogP) is -1.10. The average molecular weight is 189 g/mol. The molecule has 2 unspecified atom stereocenters. The van der Waals surface area contributed by atoms with E-state index >= 15 is 0 Å². The molecule has 0 aromatic heterocycles. The first kappa shape index (κ1) is 10.4. The van der Waals surface area contributed by atoms with Gasteiger partial charge in [-0.15, -0.1) is 0 Å². The van der Waals surface area contributed by atoms with Gasteiger partial charge in [0.25, 0.3) is 0 Å². The molecule has 76 valence electrons. The van der Waals surface area contributed by atoms with Gasteiger partial charge in [0.05, 0.1) is 13.7 Å². The number of methoxy groups -OCH3 is 1. The number of esters is 1. The second kappa shape index (κ2) is 5.16. The molecule has 1 saturated heterocycles. The van der Waals surface area contributed by atoms with Crippen molar-refractivity contribution in [2.75, 3.05) is 26.9 Å². The quantitative estimate of drug-likeness (QED) is 0.551. The lowest BCUT2D eigenvalue weighted by Crippen LogP contribution is -2.49. The Morgan fingerprint density at radius 1 is 1.77 bits per heavy atom. The van der Waals surface area contributed by atoms with Crippen LogP contribution in [0.5, 0.6) is 0 Å². The minimum Gasteiger partial charge on any atom is -0.467 e. The van der Waals surface area contributed by atoms with Gasteiger partial charge in [0, 0.05) is 19.2 Å². The highest BCUT2D eigenvalue weighted by Crippen LogP contribution is 2.04. The fourth-order valence-electron chi connectivity index (χ4n) is 1.25. The Balaban J connectivity index is 2.26. The summed E-state index contributed by atoms with van der Waals surface area (Å²) in [4.78, 5) is 11.0. The SMILES string of the molecule is COC(=O)C1CNC(CCO)CO1. The van der Waals surface area contributed by atoms with Gasteiger partial charge in [-0.05, 0) is 6.42 Å². The number of hydrogen-bond donors (Lipinski definition) is 2. The summed E-state index contributed by atoms with van der Waals surface area (Å²) >= 11 is 0. The fraction of sp³-hybridized carbons (Fsp3) is 0.875. The molecule has 1 fully saturated rings. The molecule has 0 amide bonds. The van der Waals surface area contributed by atoms with Crippen LogP contribution in [0.15, 0.2) is 0 Å².